The molecule has 4 heteroatoms. The Labute approximate surface area is 120 Å². The highest BCUT2D eigenvalue weighted by atomic mass is 16.1. The van der Waals surface area contributed by atoms with Crippen molar-refractivity contribution in [2.45, 2.75) is 38.9 Å². The topological polar surface area (TPSA) is 44.4 Å². The van der Waals surface area contributed by atoms with E-state index in [-0.39, 0.29) is 5.91 Å². The minimum absolute atomic E-state index is 0.0495. The number of likely N-dealkylation sites (tertiary alicyclic amines) is 1. The van der Waals surface area contributed by atoms with E-state index >= 15 is 0 Å². The van der Waals surface area contributed by atoms with E-state index in [2.05, 4.69) is 48.6 Å². The van der Waals surface area contributed by atoms with Crippen LogP contribution in [0, 0.1) is 5.92 Å². The molecule has 0 saturated carbocycles. The number of hydrogen-bond acceptors (Lipinski definition) is 3. The van der Waals surface area contributed by atoms with Crippen molar-refractivity contribution in [1.29, 1.82) is 0 Å². The highest BCUT2D eigenvalue weighted by Crippen LogP contribution is 2.26. The van der Waals surface area contributed by atoms with Gasteiger partial charge in [-0.2, -0.15) is 0 Å². The highest BCUT2D eigenvalue weighted by molar-refractivity contribution is 5.99. The maximum absolute atomic E-state index is 11.7. The Bertz CT molecular complexity index is 528. The Morgan fingerprint density at radius 2 is 2.15 bits per heavy atom. The van der Waals surface area contributed by atoms with E-state index in [0.717, 1.165) is 29.8 Å². The third-order valence-electron chi connectivity index (χ3n) is 4.76. The Hall–Kier alpha value is -1.55. The second-order valence-electron chi connectivity index (χ2n) is 6.31. The summed E-state index contributed by atoms with van der Waals surface area (Å²) in [6.45, 7) is 6.34. The van der Waals surface area contributed by atoms with Crippen LogP contribution in [0.3, 0.4) is 0 Å². The van der Waals surface area contributed by atoms with Gasteiger partial charge in [-0.3, -0.25) is 4.79 Å². The number of benzene rings is 1. The normalized spacial score (nSPS) is 29.9. The average molecular weight is 273 g/mol. The van der Waals surface area contributed by atoms with Crippen molar-refractivity contribution in [3.05, 3.63) is 29.3 Å². The lowest BCUT2D eigenvalue weighted by Gasteiger charge is -2.40. The molecule has 1 aromatic rings. The molecule has 1 saturated heterocycles. The van der Waals surface area contributed by atoms with Crippen molar-refractivity contribution < 1.29 is 4.79 Å². The monoisotopic (exact) mass is 273 g/mol. The van der Waals surface area contributed by atoms with Gasteiger partial charge < -0.3 is 15.5 Å². The van der Waals surface area contributed by atoms with Crippen LogP contribution in [-0.2, 0) is 6.54 Å². The lowest BCUT2D eigenvalue weighted by atomic mass is 9.89. The van der Waals surface area contributed by atoms with Gasteiger partial charge in [-0.25, -0.2) is 0 Å². The summed E-state index contributed by atoms with van der Waals surface area (Å²) in [4.78, 5) is 14.1. The number of nitrogens with zero attached hydrogens (tertiary/aromatic N) is 1. The van der Waals surface area contributed by atoms with E-state index in [1.54, 1.807) is 0 Å². The molecule has 20 heavy (non-hydrogen) atoms. The smallest absolute Gasteiger partial charge is 0.251 e. The molecule has 2 aliphatic rings. The second kappa shape index (κ2) is 5.09. The Kier molecular flexibility index (Phi) is 3.42. The third-order valence-corrected chi connectivity index (χ3v) is 4.76. The maximum Gasteiger partial charge on any atom is 0.251 e. The van der Waals surface area contributed by atoms with E-state index in [1.807, 2.05) is 6.07 Å². The molecule has 0 spiro atoms. The van der Waals surface area contributed by atoms with Crippen LogP contribution in [0.5, 0.6) is 0 Å². The predicted octanol–water partition coefficient (Wildman–Crippen LogP) is 2.07. The van der Waals surface area contributed by atoms with Gasteiger partial charge in [0.25, 0.3) is 5.91 Å². The molecule has 0 aliphatic carbocycles. The Morgan fingerprint density at radius 1 is 1.35 bits per heavy atom. The van der Waals surface area contributed by atoms with Crippen LogP contribution >= 0.6 is 0 Å². The average Bonchev–Trinajstić information content (AvgIpc) is 2.78. The van der Waals surface area contributed by atoms with Gasteiger partial charge in [0.05, 0.1) is 0 Å². The molecule has 1 aromatic carbocycles. The molecule has 2 heterocycles. The summed E-state index contributed by atoms with van der Waals surface area (Å²) in [5, 5.41) is 6.49. The summed E-state index contributed by atoms with van der Waals surface area (Å²) < 4.78 is 0. The molecule has 108 valence electrons. The highest BCUT2D eigenvalue weighted by Gasteiger charge is 2.29. The number of carbonyl (C=O) groups is 1. The van der Waals surface area contributed by atoms with Crippen LogP contribution < -0.4 is 10.6 Å². The van der Waals surface area contributed by atoms with Crippen molar-refractivity contribution in [1.82, 2.24) is 10.2 Å². The van der Waals surface area contributed by atoms with E-state index in [0.29, 0.717) is 24.5 Å². The van der Waals surface area contributed by atoms with Gasteiger partial charge in [0.15, 0.2) is 0 Å². The molecule has 1 amide bonds. The van der Waals surface area contributed by atoms with E-state index in [9.17, 15) is 4.79 Å². The quantitative estimate of drug-likeness (QED) is 0.867. The molecule has 3 rings (SSSR count). The van der Waals surface area contributed by atoms with Crippen LogP contribution in [0.2, 0.25) is 0 Å². The largest absolute Gasteiger partial charge is 0.382 e. The van der Waals surface area contributed by atoms with Crippen LogP contribution in [0.1, 0.15) is 36.2 Å². The number of amides is 1. The molecule has 0 radical (unpaired) electrons. The number of rotatable bonds is 2. The van der Waals surface area contributed by atoms with Crippen molar-refractivity contribution in [2.75, 3.05) is 18.9 Å². The summed E-state index contributed by atoms with van der Waals surface area (Å²) >= 11 is 0. The van der Waals surface area contributed by atoms with Gasteiger partial charge in [-0.1, -0.05) is 13.0 Å². The molecule has 0 aromatic heterocycles. The van der Waals surface area contributed by atoms with Gasteiger partial charge in [-0.15, -0.1) is 0 Å². The van der Waals surface area contributed by atoms with Crippen molar-refractivity contribution in [3.63, 3.8) is 0 Å². The zero-order valence-corrected chi connectivity index (χ0v) is 12.4. The van der Waals surface area contributed by atoms with E-state index < -0.39 is 0 Å². The molecule has 1 fully saturated rings. The lowest BCUT2D eigenvalue weighted by Crippen LogP contribution is -2.48. The number of hydrogen-bond donors (Lipinski definition) is 2. The van der Waals surface area contributed by atoms with Crippen molar-refractivity contribution in [2.24, 2.45) is 5.92 Å². The van der Waals surface area contributed by atoms with E-state index in [1.165, 1.54) is 0 Å². The van der Waals surface area contributed by atoms with E-state index in [4.69, 9.17) is 0 Å². The minimum atomic E-state index is 0.0495. The minimum Gasteiger partial charge on any atom is -0.382 e. The third kappa shape index (κ3) is 2.40. The summed E-state index contributed by atoms with van der Waals surface area (Å²) in [5.41, 5.74) is 2.99. The molecule has 0 bridgehead atoms. The fraction of sp³-hybridized carbons (Fsp3) is 0.562. The fourth-order valence-electron chi connectivity index (χ4n) is 3.26. The standard InChI is InChI=1S/C16H23N3O/c1-10-9-19(3)11(2)6-15(10)18-13-5-4-12-8-17-16(20)14(12)7-13/h4-5,7,10-11,15,18H,6,8-9H2,1-3H3,(H,17,20)/t10-,11+,15+/m1/s1. The van der Waals surface area contributed by atoms with Gasteiger partial charge in [0.2, 0.25) is 0 Å². The molecule has 2 aliphatic heterocycles. The van der Waals surface area contributed by atoms with Gasteiger partial charge in [0.1, 0.15) is 0 Å². The number of nitrogens with one attached hydrogen (secondary N) is 2. The molecule has 0 unspecified atom stereocenters. The zero-order chi connectivity index (χ0) is 14.3. The number of anilines is 1. The molecule has 3 atom stereocenters. The number of carbonyl (C=O) groups excluding carboxylic acids is 1. The molecular weight excluding hydrogens is 250 g/mol. The SMILES string of the molecule is C[C@@H]1CN(C)[C@@H](C)C[C@@H]1Nc1ccc2c(c1)C(=O)NC2. The van der Waals surface area contributed by atoms with Gasteiger partial charge in [-0.05, 0) is 44.0 Å². The molecular formula is C16H23N3O. The zero-order valence-electron chi connectivity index (χ0n) is 12.4. The second-order valence-corrected chi connectivity index (χ2v) is 6.31. The van der Waals surface area contributed by atoms with Crippen LogP contribution in [0.25, 0.3) is 0 Å². The van der Waals surface area contributed by atoms with Crippen molar-refractivity contribution >= 4 is 11.6 Å². The van der Waals surface area contributed by atoms with Gasteiger partial charge >= 0.3 is 0 Å². The summed E-state index contributed by atoms with van der Waals surface area (Å²) in [6, 6.07) is 7.21. The molecule has 2 N–H and O–H groups in total. The predicted molar refractivity (Wildman–Crippen MR) is 80.9 cm³/mol. The number of piperidine rings is 1. The Morgan fingerprint density at radius 3 is 2.95 bits per heavy atom. The summed E-state index contributed by atoms with van der Waals surface area (Å²) in [5.74, 6) is 0.659. The van der Waals surface area contributed by atoms with Gasteiger partial charge in [0, 0.05) is 36.4 Å². The lowest BCUT2D eigenvalue weighted by molar-refractivity contribution is 0.0966. The first-order valence-corrected chi connectivity index (χ1v) is 7.42. The first-order chi connectivity index (χ1) is 9.54. The maximum atomic E-state index is 11.7. The first-order valence-electron chi connectivity index (χ1n) is 7.42. The number of fused-ring (bicyclic) bond motifs is 1. The van der Waals surface area contributed by atoms with Crippen LogP contribution in [-0.4, -0.2) is 36.5 Å². The Balaban J connectivity index is 1.75. The molecule has 4 nitrogen and oxygen atoms in total. The van der Waals surface area contributed by atoms with Crippen LogP contribution in [0.15, 0.2) is 18.2 Å². The summed E-state index contributed by atoms with van der Waals surface area (Å²) in [7, 11) is 2.19. The van der Waals surface area contributed by atoms with Crippen molar-refractivity contribution in [3.8, 4) is 0 Å². The fourth-order valence-corrected chi connectivity index (χ4v) is 3.26. The summed E-state index contributed by atoms with van der Waals surface area (Å²) in [6.07, 6.45) is 1.14. The first kappa shape index (κ1) is 13.4. The van der Waals surface area contributed by atoms with Crippen LogP contribution in [0.4, 0.5) is 5.69 Å².